The van der Waals surface area contributed by atoms with Crippen molar-refractivity contribution < 1.29 is 9.53 Å². The predicted molar refractivity (Wildman–Crippen MR) is 93.8 cm³/mol. The summed E-state index contributed by atoms with van der Waals surface area (Å²) >= 11 is 0. The first-order valence-electron chi connectivity index (χ1n) is 8.67. The summed E-state index contributed by atoms with van der Waals surface area (Å²) in [7, 11) is 1.79. The number of hydrogen-bond donors (Lipinski definition) is 0. The quantitative estimate of drug-likeness (QED) is 0.832. The van der Waals surface area contributed by atoms with Gasteiger partial charge in [-0.2, -0.15) is 0 Å². The maximum Gasteiger partial charge on any atom is 0.251 e. The molecule has 1 aromatic carbocycles. The Bertz CT molecular complexity index is 639. The number of methoxy groups -OCH3 is 1. The van der Waals surface area contributed by atoms with Gasteiger partial charge in [-0.05, 0) is 68.7 Å². The molecule has 1 aliphatic carbocycles. The summed E-state index contributed by atoms with van der Waals surface area (Å²) in [5, 5.41) is 0. The fraction of sp³-hybridized carbons (Fsp3) is 0.550. The summed E-state index contributed by atoms with van der Waals surface area (Å²) in [5.41, 5.74) is 4.59. The van der Waals surface area contributed by atoms with E-state index in [-0.39, 0.29) is 11.4 Å². The van der Waals surface area contributed by atoms with Crippen LogP contribution in [-0.2, 0) is 9.53 Å². The first kappa shape index (κ1) is 16.3. The third kappa shape index (κ3) is 2.61. The summed E-state index contributed by atoms with van der Waals surface area (Å²) in [6.45, 7) is 6.35. The van der Waals surface area contributed by atoms with Crippen LogP contribution >= 0.6 is 0 Å². The third-order valence-corrected chi connectivity index (χ3v) is 5.62. The smallest absolute Gasteiger partial charge is 0.251 e. The van der Waals surface area contributed by atoms with Crippen molar-refractivity contribution in [2.24, 2.45) is 0 Å². The van der Waals surface area contributed by atoms with Crippen molar-refractivity contribution in [1.29, 1.82) is 0 Å². The van der Waals surface area contributed by atoms with E-state index >= 15 is 0 Å². The number of rotatable bonds is 3. The van der Waals surface area contributed by atoms with Crippen LogP contribution in [0.15, 0.2) is 29.8 Å². The molecular formula is C20H27NO2. The molecule has 0 unspecified atom stereocenters. The minimum absolute atomic E-state index is 0.139. The van der Waals surface area contributed by atoms with Crippen LogP contribution in [0.5, 0.6) is 0 Å². The molecule has 3 nitrogen and oxygen atoms in total. The Hall–Kier alpha value is -1.61. The molecule has 3 heteroatoms. The van der Waals surface area contributed by atoms with Crippen molar-refractivity contribution in [2.45, 2.75) is 64.5 Å². The second-order valence-corrected chi connectivity index (χ2v) is 6.95. The van der Waals surface area contributed by atoms with Crippen molar-refractivity contribution in [3.05, 3.63) is 41.0 Å². The van der Waals surface area contributed by atoms with Gasteiger partial charge in [0, 0.05) is 18.9 Å². The zero-order chi connectivity index (χ0) is 16.6. The van der Waals surface area contributed by atoms with E-state index in [0.29, 0.717) is 6.10 Å². The van der Waals surface area contributed by atoms with Crippen LogP contribution in [0.2, 0.25) is 0 Å². The van der Waals surface area contributed by atoms with Gasteiger partial charge < -0.3 is 4.74 Å². The normalized spacial score (nSPS) is 27.7. The molecule has 0 bridgehead atoms. The Morgan fingerprint density at radius 1 is 1.26 bits per heavy atom. The monoisotopic (exact) mass is 313 g/mol. The zero-order valence-electron chi connectivity index (χ0n) is 14.7. The number of benzene rings is 1. The molecule has 23 heavy (non-hydrogen) atoms. The zero-order valence-corrected chi connectivity index (χ0v) is 14.7. The molecule has 1 amide bonds. The van der Waals surface area contributed by atoms with Gasteiger partial charge in [0.2, 0.25) is 0 Å². The molecule has 1 saturated carbocycles. The Balaban J connectivity index is 2.04. The Labute approximate surface area is 139 Å². The molecule has 0 atom stereocenters. The first-order chi connectivity index (χ1) is 11.0. The van der Waals surface area contributed by atoms with Gasteiger partial charge in [0.1, 0.15) is 0 Å². The number of anilines is 1. The molecule has 124 valence electrons. The van der Waals surface area contributed by atoms with Crippen molar-refractivity contribution in [3.63, 3.8) is 0 Å². The van der Waals surface area contributed by atoms with Gasteiger partial charge in [-0.1, -0.05) is 19.1 Å². The Morgan fingerprint density at radius 3 is 2.57 bits per heavy atom. The molecular weight excluding hydrogens is 286 g/mol. The fourth-order valence-electron chi connectivity index (χ4n) is 4.29. The highest BCUT2D eigenvalue weighted by Gasteiger charge is 2.49. The SMILES string of the molecule is CCC1=CC(=O)N(c2cc(C)ccc2C)C12CCC(OC)CC2. The lowest BCUT2D eigenvalue weighted by Crippen LogP contribution is -2.52. The van der Waals surface area contributed by atoms with Crippen LogP contribution in [0.1, 0.15) is 50.2 Å². The lowest BCUT2D eigenvalue weighted by Gasteiger charge is -2.46. The lowest BCUT2D eigenvalue weighted by atomic mass is 9.74. The maximum absolute atomic E-state index is 12.9. The molecule has 1 heterocycles. The van der Waals surface area contributed by atoms with Crippen LogP contribution in [0.25, 0.3) is 0 Å². The summed E-state index contributed by atoms with van der Waals surface area (Å²) in [4.78, 5) is 14.9. The molecule has 3 rings (SSSR count). The van der Waals surface area contributed by atoms with Crippen LogP contribution < -0.4 is 4.90 Å². The van der Waals surface area contributed by atoms with Crippen LogP contribution in [-0.4, -0.2) is 24.7 Å². The van der Waals surface area contributed by atoms with Crippen molar-refractivity contribution in [3.8, 4) is 0 Å². The molecule has 1 spiro atoms. The number of amides is 1. The Kier molecular flexibility index (Phi) is 4.33. The molecule has 0 N–H and O–H groups in total. The molecule has 2 aliphatic rings. The molecule has 1 aliphatic heterocycles. The number of nitrogens with zero attached hydrogens (tertiary/aromatic N) is 1. The van der Waals surface area contributed by atoms with E-state index in [9.17, 15) is 4.79 Å². The molecule has 0 saturated heterocycles. The average molecular weight is 313 g/mol. The van der Waals surface area contributed by atoms with Crippen LogP contribution in [0.3, 0.4) is 0 Å². The number of aryl methyl sites for hydroxylation is 2. The van der Waals surface area contributed by atoms with E-state index in [1.165, 1.54) is 16.7 Å². The van der Waals surface area contributed by atoms with Gasteiger partial charge in [-0.15, -0.1) is 0 Å². The van der Waals surface area contributed by atoms with E-state index < -0.39 is 0 Å². The van der Waals surface area contributed by atoms with Gasteiger partial charge in [0.15, 0.2) is 0 Å². The van der Waals surface area contributed by atoms with E-state index in [1.807, 2.05) is 6.08 Å². The largest absolute Gasteiger partial charge is 0.381 e. The number of carbonyl (C=O) groups is 1. The van der Waals surface area contributed by atoms with Crippen LogP contribution in [0.4, 0.5) is 5.69 Å². The van der Waals surface area contributed by atoms with E-state index in [2.05, 4.69) is 43.9 Å². The molecule has 0 radical (unpaired) electrons. The minimum Gasteiger partial charge on any atom is -0.381 e. The Morgan fingerprint density at radius 2 is 1.96 bits per heavy atom. The average Bonchev–Trinajstić information content (AvgIpc) is 2.82. The summed E-state index contributed by atoms with van der Waals surface area (Å²) in [6, 6.07) is 6.39. The summed E-state index contributed by atoms with van der Waals surface area (Å²) in [5.74, 6) is 0.145. The van der Waals surface area contributed by atoms with Gasteiger partial charge >= 0.3 is 0 Å². The number of carbonyl (C=O) groups excluding carboxylic acids is 1. The van der Waals surface area contributed by atoms with Crippen molar-refractivity contribution >= 4 is 11.6 Å². The first-order valence-corrected chi connectivity index (χ1v) is 8.67. The summed E-state index contributed by atoms with van der Waals surface area (Å²) < 4.78 is 5.55. The molecule has 1 fully saturated rings. The lowest BCUT2D eigenvalue weighted by molar-refractivity contribution is -0.114. The highest BCUT2D eigenvalue weighted by molar-refractivity contribution is 6.07. The van der Waals surface area contributed by atoms with Gasteiger partial charge in [0.25, 0.3) is 5.91 Å². The van der Waals surface area contributed by atoms with Gasteiger partial charge in [0.05, 0.1) is 11.6 Å². The third-order valence-electron chi connectivity index (χ3n) is 5.62. The fourth-order valence-corrected chi connectivity index (χ4v) is 4.29. The van der Waals surface area contributed by atoms with Gasteiger partial charge in [-0.3, -0.25) is 9.69 Å². The van der Waals surface area contributed by atoms with E-state index in [0.717, 1.165) is 37.8 Å². The van der Waals surface area contributed by atoms with Crippen molar-refractivity contribution in [2.75, 3.05) is 12.0 Å². The second kappa shape index (κ2) is 6.12. The number of ether oxygens (including phenoxy) is 1. The predicted octanol–water partition coefficient (Wildman–Crippen LogP) is 4.31. The molecule has 1 aromatic rings. The van der Waals surface area contributed by atoms with Crippen molar-refractivity contribution in [1.82, 2.24) is 0 Å². The topological polar surface area (TPSA) is 29.5 Å². The standard InChI is InChI=1S/C20H27NO2/c1-5-16-13-19(22)21(18-12-14(2)6-7-15(18)3)20(16)10-8-17(23-4)9-11-20/h6-7,12-13,17H,5,8-11H2,1-4H3. The number of hydrogen-bond acceptors (Lipinski definition) is 2. The second-order valence-electron chi connectivity index (χ2n) is 6.95. The summed E-state index contributed by atoms with van der Waals surface area (Å²) in [6.07, 6.45) is 7.16. The highest BCUT2D eigenvalue weighted by atomic mass is 16.5. The molecule has 0 aromatic heterocycles. The maximum atomic E-state index is 12.9. The highest BCUT2D eigenvalue weighted by Crippen LogP contribution is 2.47. The van der Waals surface area contributed by atoms with Crippen LogP contribution in [0, 0.1) is 13.8 Å². The van der Waals surface area contributed by atoms with E-state index in [1.54, 1.807) is 7.11 Å². The van der Waals surface area contributed by atoms with Gasteiger partial charge in [-0.25, -0.2) is 0 Å². The van der Waals surface area contributed by atoms with E-state index in [4.69, 9.17) is 4.74 Å². The minimum atomic E-state index is -0.139.